The van der Waals surface area contributed by atoms with Gasteiger partial charge in [-0.15, -0.1) is 0 Å². The van der Waals surface area contributed by atoms with Gasteiger partial charge in [-0.3, -0.25) is 0 Å². The number of benzene rings is 1. The average molecular weight is 292 g/mol. The second-order valence-electron chi connectivity index (χ2n) is 4.76. The van der Waals surface area contributed by atoms with Crippen molar-refractivity contribution in [1.82, 2.24) is 5.32 Å². The van der Waals surface area contributed by atoms with Crippen molar-refractivity contribution in [3.63, 3.8) is 0 Å². The molecule has 0 spiro atoms. The summed E-state index contributed by atoms with van der Waals surface area (Å²) >= 11 is 0. The summed E-state index contributed by atoms with van der Waals surface area (Å²) in [6, 6.07) is 7.97. The van der Waals surface area contributed by atoms with E-state index >= 15 is 0 Å². The number of unbranched alkanes of at least 4 members (excludes halogenated alkanes) is 1. The van der Waals surface area contributed by atoms with E-state index in [1.807, 2.05) is 25.1 Å². The smallest absolute Gasteiger partial charge is 0.161 e. The highest BCUT2D eigenvalue weighted by Gasteiger charge is 2.08. The lowest BCUT2D eigenvalue weighted by Gasteiger charge is -2.15. The zero-order valence-electron chi connectivity index (χ0n) is 12.8. The molecule has 1 atom stereocenters. The molecule has 0 radical (unpaired) electrons. The third-order valence-corrected chi connectivity index (χ3v) is 3.23. The number of aliphatic hydroxyl groups is 1. The molecule has 0 aromatic heterocycles. The van der Waals surface area contributed by atoms with E-state index in [-0.39, 0.29) is 12.6 Å². The van der Waals surface area contributed by atoms with Gasteiger partial charge in [-0.05, 0) is 30.5 Å². The molecule has 21 heavy (non-hydrogen) atoms. The third-order valence-electron chi connectivity index (χ3n) is 3.23. The number of methoxy groups -OCH3 is 1. The molecule has 1 rings (SSSR count). The highest BCUT2D eigenvalue weighted by molar-refractivity contribution is 5.42. The summed E-state index contributed by atoms with van der Waals surface area (Å²) in [6.07, 6.45) is 2.06. The van der Waals surface area contributed by atoms with Gasteiger partial charge in [0.1, 0.15) is 0 Å². The number of aliphatic hydroxyl groups excluding tert-OH is 1. The van der Waals surface area contributed by atoms with Crippen LogP contribution in [0.25, 0.3) is 0 Å². The van der Waals surface area contributed by atoms with Crippen LogP contribution in [0, 0.1) is 11.3 Å². The molecular weight excluding hydrogens is 268 g/mol. The van der Waals surface area contributed by atoms with Crippen molar-refractivity contribution in [3.05, 3.63) is 23.8 Å². The van der Waals surface area contributed by atoms with Gasteiger partial charge in [-0.1, -0.05) is 13.0 Å². The molecule has 5 heteroatoms. The zero-order chi connectivity index (χ0) is 15.5. The number of hydrogen-bond acceptors (Lipinski definition) is 5. The van der Waals surface area contributed by atoms with E-state index < -0.39 is 0 Å². The Kier molecular flexibility index (Phi) is 8.25. The number of hydrogen-bond donors (Lipinski definition) is 2. The lowest BCUT2D eigenvalue weighted by atomic mass is 10.1. The van der Waals surface area contributed by atoms with Gasteiger partial charge in [-0.25, -0.2) is 0 Å². The van der Waals surface area contributed by atoms with Gasteiger partial charge in [0, 0.05) is 19.0 Å². The lowest BCUT2D eigenvalue weighted by Crippen LogP contribution is -2.31. The topological polar surface area (TPSA) is 74.5 Å². The summed E-state index contributed by atoms with van der Waals surface area (Å²) < 4.78 is 11.0. The van der Waals surface area contributed by atoms with Crippen molar-refractivity contribution < 1.29 is 14.6 Å². The Balaban J connectivity index is 2.63. The summed E-state index contributed by atoms with van der Waals surface area (Å²) in [4.78, 5) is 0. The normalized spacial score (nSPS) is 11.7. The second kappa shape index (κ2) is 10.0. The molecule has 0 fully saturated rings. The molecule has 5 nitrogen and oxygen atoms in total. The predicted molar refractivity (Wildman–Crippen MR) is 81.3 cm³/mol. The van der Waals surface area contributed by atoms with E-state index in [4.69, 9.17) is 14.7 Å². The van der Waals surface area contributed by atoms with Crippen LogP contribution in [0.15, 0.2) is 18.2 Å². The molecule has 1 aromatic rings. The molecule has 1 aromatic carbocycles. The van der Waals surface area contributed by atoms with E-state index in [2.05, 4.69) is 11.4 Å². The molecular formula is C16H24N2O3. The highest BCUT2D eigenvalue weighted by Crippen LogP contribution is 2.28. The fraction of sp³-hybridized carbons (Fsp3) is 0.562. The SMILES string of the molecule is CCC(CO)NCc1ccc(OC)c(OCCCC#N)c1. The minimum atomic E-state index is 0.104. The predicted octanol–water partition coefficient (Wildman–Crippen LogP) is 2.24. The van der Waals surface area contributed by atoms with Gasteiger partial charge in [0.05, 0.1) is 26.4 Å². The molecule has 0 aliphatic rings. The maximum absolute atomic E-state index is 9.17. The molecule has 0 amide bonds. The van der Waals surface area contributed by atoms with Crippen molar-refractivity contribution in [3.8, 4) is 17.6 Å². The maximum Gasteiger partial charge on any atom is 0.161 e. The summed E-state index contributed by atoms with van der Waals surface area (Å²) in [7, 11) is 1.61. The van der Waals surface area contributed by atoms with Gasteiger partial charge in [0.15, 0.2) is 11.5 Å². The molecule has 0 bridgehead atoms. The Morgan fingerprint density at radius 1 is 1.38 bits per heavy atom. The molecule has 0 saturated carbocycles. The first-order chi connectivity index (χ1) is 10.2. The fourth-order valence-corrected chi connectivity index (χ4v) is 1.88. The van der Waals surface area contributed by atoms with Crippen LogP contribution < -0.4 is 14.8 Å². The van der Waals surface area contributed by atoms with Crippen molar-refractivity contribution in [2.45, 2.75) is 38.8 Å². The van der Waals surface area contributed by atoms with Crippen LogP contribution in [0.2, 0.25) is 0 Å². The number of nitrogens with zero attached hydrogens (tertiary/aromatic N) is 1. The van der Waals surface area contributed by atoms with Crippen molar-refractivity contribution in [1.29, 1.82) is 5.26 Å². The Morgan fingerprint density at radius 3 is 2.81 bits per heavy atom. The first-order valence-corrected chi connectivity index (χ1v) is 7.26. The standard InChI is InChI=1S/C16H24N2O3/c1-3-14(12-19)18-11-13-6-7-15(20-2)16(10-13)21-9-5-4-8-17/h6-7,10,14,18-19H,3-5,9,11-12H2,1-2H3. The maximum atomic E-state index is 9.17. The summed E-state index contributed by atoms with van der Waals surface area (Å²) in [5, 5.41) is 21.0. The zero-order valence-corrected chi connectivity index (χ0v) is 12.8. The highest BCUT2D eigenvalue weighted by atomic mass is 16.5. The molecule has 0 heterocycles. The molecule has 1 unspecified atom stereocenters. The average Bonchev–Trinajstić information content (AvgIpc) is 2.52. The Labute approximate surface area is 126 Å². The number of rotatable bonds is 10. The lowest BCUT2D eigenvalue weighted by molar-refractivity contribution is 0.238. The van der Waals surface area contributed by atoms with Crippen LogP contribution in [-0.4, -0.2) is 31.5 Å². The van der Waals surface area contributed by atoms with Gasteiger partial charge in [0.2, 0.25) is 0 Å². The molecule has 2 N–H and O–H groups in total. The van der Waals surface area contributed by atoms with Crippen LogP contribution in [0.3, 0.4) is 0 Å². The summed E-state index contributed by atoms with van der Waals surface area (Å²) in [5.74, 6) is 1.37. The van der Waals surface area contributed by atoms with E-state index in [9.17, 15) is 5.11 Å². The van der Waals surface area contributed by atoms with E-state index in [0.717, 1.165) is 12.0 Å². The minimum Gasteiger partial charge on any atom is -0.493 e. The van der Waals surface area contributed by atoms with Gasteiger partial charge < -0.3 is 19.9 Å². The molecule has 116 valence electrons. The molecule has 0 aliphatic carbocycles. The van der Waals surface area contributed by atoms with Gasteiger partial charge in [-0.2, -0.15) is 5.26 Å². The van der Waals surface area contributed by atoms with Crippen LogP contribution in [0.4, 0.5) is 0 Å². The largest absolute Gasteiger partial charge is 0.493 e. The molecule has 0 saturated heterocycles. The second-order valence-corrected chi connectivity index (χ2v) is 4.76. The van der Waals surface area contributed by atoms with E-state index in [1.54, 1.807) is 7.11 Å². The summed E-state index contributed by atoms with van der Waals surface area (Å²) in [5.41, 5.74) is 1.07. The number of nitrogens with one attached hydrogen (secondary N) is 1. The third kappa shape index (κ3) is 6.03. The number of nitriles is 1. The van der Waals surface area contributed by atoms with Crippen LogP contribution >= 0.6 is 0 Å². The monoisotopic (exact) mass is 292 g/mol. The van der Waals surface area contributed by atoms with E-state index in [0.29, 0.717) is 37.5 Å². The Bertz CT molecular complexity index is 453. The van der Waals surface area contributed by atoms with Crippen LogP contribution in [0.5, 0.6) is 11.5 Å². The fourth-order valence-electron chi connectivity index (χ4n) is 1.88. The summed E-state index contributed by atoms with van der Waals surface area (Å²) in [6.45, 7) is 3.32. The Hall–Kier alpha value is -1.77. The van der Waals surface area contributed by atoms with Crippen molar-refractivity contribution in [2.75, 3.05) is 20.3 Å². The first kappa shape index (κ1) is 17.3. The van der Waals surface area contributed by atoms with Crippen LogP contribution in [-0.2, 0) is 6.54 Å². The Morgan fingerprint density at radius 2 is 2.19 bits per heavy atom. The quantitative estimate of drug-likeness (QED) is 0.647. The van der Waals surface area contributed by atoms with Crippen LogP contribution in [0.1, 0.15) is 31.7 Å². The first-order valence-electron chi connectivity index (χ1n) is 7.26. The van der Waals surface area contributed by atoms with Gasteiger partial charge in [0.25, 0.3) is 0 Å². The van der Waals surface area contributed by atoms with Gasteiger partial charge >= 0.3 is 0 Å². The molecule has 0 aliphatic heterocycles. The van der Waals surface area contributed by atoms with E-state index in [1.165, 1.54) is 0 Å². The number of ether oxygens (including phenoxy) is 2. The van der Waals surface area contributed by atoms with Crippen molar-refractivity contribution >= 4 is 0 Å². The van der Waals surface area contributed by atoms with Crippen molar-refractivity contribution in [2.24, 2.45) is 0 Å². The minimum absolute atomic E-state index is 0.104.